The number of aliphatic hydroxyl groups is 1. The third kappa shape index (κ3) is 2.85. The second kappa shape index (κ2) is 5.81. The molecular weight excluding hydrogens is 295 g/mol. The van der Waals surface area contributed by atoms with Crippen LogP contribution in [0.15, 0.2) is 18.2 Å². The van der Waals surface area contributed by atoms with E-state index in [1.807, 2.05) is 0 Å². The monoisotopic (exact) mass is 312 g/mol. The Balaban J connectivity index is 1.65. The van der Waals surface area contributed by atoms with Crippen molar-refractivity contribution in [1.29, 1.82) is 0 Å². The van der Waals surface area contributed by atoms with Crippen molar-refractivity contribution in [3.8, 4) is 0 Å². The number of aliphatic hydroxyl groups excluding tert-OH is 1. The Hall–Kier alpha value is -1.33. The molecule has 0 radical (unpaired) electrons. The molecule has 4 atom stereocenters. The lowest BCUT2D eigenvalue weighted by Crippen LogP contribution is -2.46. The van der Waals surface area contributed by atoms with Crippen molar-refractivity contribution in [2.24, 2.45) is 17.8 Å². The molecule has 6 heteroatoms. The second-order valence-corrected chi connectivity index (χ2v) is 6.34. The molecule has 21 heavy (non-hydrogen) atoms. The van der Waals surface area contributed by atoms with Crippen LogP contribution < -0.4 is 10.6 Å². The van der Waals surface area contributed by atoms with E-state index in [-0.39, 0.29) is 24.3 Å². The number of hydrogen-bond donors (Lipinski definition) is 3. The second-order valence-electron chi connectivity index (χ2n) is 5.93. The van der Waals surface area contributed by atoms with E-state index >= 15 is 0 Å². The molecule has 2 aliphatic carbocycles. The number of anilines is 1. The standard InChI is InChI=1S/C15H18ClFN2O2/c16-12-4-3-10(17)6-13(12)18-15(21)19-14-9-2-1-8(5-9)11(14)7-20/h3-4,6,8-9,11,14,20H,1-2,5,7H2,(H2,18,19,21). The molecule has 3 N–H and O–H groups in total. The van der Waals surface area contributed by atoms with Crippen molar-refractivity contribution in [1.82, 2.24) is 5.32 Å². The zero-order valence-electron chi connectivity index (χ0n) is 11.5. The Bertz CT molecular complexity index is 554. The molecule has 2 fully saturated rings. The first-order valence-corrected chi connectivity index (χ1v) is 7.59. The molecule has 4 nitrogen and oxygen atoms in total. The molecule has 0 aliphatic heterocycles. The van der Waals surface area contributed by atoms with Crippen molar-refractivity contribution in [3.05, 3.63) is 29.0 Å². The highest BCUT2D eigenvalue weighted by atomic mass is 35.5. The van der Waals surface area contributed by atoms with Gasteiger partial charge in [-0.1, -0.05) is 11.6 Å². The van der Waals surface area contributed by atoms with Crippen LogP contribution in [0.1, 0.15) is 19.3 Å². The van der Waals surface area contributed by atoms with E-state index in [9.17, 15) is 14.3 Å². The molecule has 4 unspecified atom stereocenters. The van der Waals surface area contributed by atoms with Crippen LogP contribution in [0.2, 0.25) is 5.02 Å². The molecule has 2 amide bonds. The highest BCUT2D eigenvalue weighted by molar-refractivity contribution is 6.33. The van der Waals surface area contributed by atoms with Crippen molar-refractivity contribution < 1.29 is 14.3 Å². The fourth-order valence-corrected chi connectivity index (χ4v) is 3.97. The van der Waals surface area contributed by atoms with E-state index in [1.165, 1.54) is 18.2 Å². The van der Waals surface area contributed by atoms with E-state index in [4.69, 9.17) is 11.6 Å². The Morgan fingerprint density at radius 2 is 2.14 bits per heavy atom. The maximum atomic E-state index is 13.2. The van der Waals surface area contributed by atoms with Gasteiger partial charge in [0.1, 0.15) is 5.82 Å². The minimum absolute atomic E-state index is 0.0129. The smallest absolute Gasteiger partial charge is 0.319 e. The molecule has 2 saturated carbocycles. The third-order valence-corrected chi connectivity index (χ3v) is 5.10. The lowest BCUT2D eigenvalue weighted by Gasteiger charge is -2.30. The fraction of sp³-hybridized carbons (Fsp3) is 0.533. The first kappa shape index (κ1) is 14.6. The van der Waals surface area contributed by atoms with Gasteiger partial charge in [0.2, 0.25) is 0 Å². The van der Waals surface area contributed by atoms with E-state index in [1.54, 1.807) is 0 Å². The number of carbonyl (C=O) groups excluding carboxylic acids is 1. The van der Waals surface area contributed by atoms with E-state index in [2.05, 4.69) is 10.6 Å². The third-order valence-electron chi connectivity index (χ3n) is 4.77. The summed E-state index contributed by atoms with van der Waals surface area (Å²) in [6.07, 6.45) is 3.29. The number of nitrogens with one attached hydrogen (secondary N) is 2. The van der Waals surface area contributed by atoms with Crippen molar-refractivity contribution in [2.45, 2.75) is 25.3 Å². The molecule has 2 bridgehead atoms. The predicted octanol–water partition coefficient (Wildman–Crippen LogP) is 3.01. The van der Waals surface area contributed by atoms with Gasteiger partial charge in [-0.05, 0) is 49.3 Å². The molecule has 1 aromatic rings. The van der Waals surface area contributed by atoms with E-state index < -0.39 is 11.8 Å². The highest BCUT2D eigenvalue weighted by Crippen LogP contribution is 2.48. The highest BCUT2D eigenvalue weighted by Gasteiger charge is 2.47. The average molecular weight is 313 g/mol. The number of carbonyl (C=O) groups is 1. The largest absolute Gasteiger partial charge is 0.396 e. The fourth-order valence-electron chi connectivity index (χ4n) is 3.80. The molecule has 114 valence electrons. The summed E-state index contributed by atoms with van der Waals surface area (Å²) in [6.45, 7) is 0.0901. The predicted molar refractivity (Wildman–Crippen MR) is 78.8 cm³/mol. The molecule has 1 aromatic carbocycles. The van der Waals surface area contributed by atoms with Gasteiger partial charge >= 0.3 is 6.03 Å². The summed E-state index contributed by atoms with van der Waals surface area (Å²) < 4.78 is 13.2. The van der Waals surface area contributed by atoms with Crippen molar-refractivity contribution in [3.63, 3.8) is 0 Å². The summed E-state index contributed by atoms with van der Waals surface area (Å²) in [5, 5.41) is 15.3. The van der Waals surface area contributed by atoms with E-state index in [0.717, 1.165) is 19.3 Å². The van der Waals surface area contributed by atoms with Gasteiger partial charge in [0, 0.05) is 18.6 Å². The summed E-state index contributed by atoms with van der Waals surface area (Å²) in [7, 11) is 0. The van der Waals surface area contributed by atoms with Gasteiger partial charge in [0.15, 0.2) is 0 Å². The van der Waals surface area contributed by atoms with Gasteiger partial charge in [-0.25, -0.2) is 9.18 Å². The first-order valence-electron chi connectivity index (χ1n) is 7.22. The minimum atomic E-state index is -0.456. The maximum Gasteiger partial charge on any atom is 0.319 e. The van der Waals surface area contributed by atoms with Gasteiger partial charge in [-0.15, -0.1) is 0 Å². The Labute approximate surface area is 127 Å². The zero-order valence-corrected chi connectivity index (χ0v) is 12.2. The van der Waals surface area contributed by atoms with Crippen LogP contribution in [-0.2, 0) is 0 Å². The number of amides is 2. The quantitative estimate of drug-likeness (QED) is 0.803. The van der Waals surface area contributed by atoms with Crippen molar-refractivity contribution >= 4 is 23.3 Å². The lowest BCUT2D eigenvalue weighted by molar-refractivity contribution is 0.146. The van der Waals surface area contributed by atoms with Gasteiger partial charge < -0.3 is 15.7 Å². The zero-order chi connectivity index (χ0) is 15.0. The van der Waals surface area contributed by atoms with Crippen LogP contribution >= 0.6 is 11.6 Å². The molecule has 2 aliphatic rings. The number of hydrogen-bond acceptors (Lipinski definition) is 2. The number of benzene rings is 1. The summed E-state index contributed by atoms with van der Waals surface area (Å²) in [6, 6.07) is 3.41. The first-order chi connectivity index (χ1) is 10.1. The van der Waals surface area contributed by atoms with Gasteiger partial charge in [0.25, 0.3) is 0 Å². The van der Waals surface area contributed by atoms with Crippen LogP contribution in [0, 0.1) is 23.6 Å². The number of rotatable bonds is 3. The van der Waals surface area contributed by atoms with Gasteiger partial charge in [0.05, 0.1) is 10.7 Å². The molecule has 0 aromatic heterocycles. The Morgan fingerprint density at radius 3 is 2.90 bits per heavy atom. The van der Waals surface area contributed by atoms with Crippen LogP contribution in [-0.4, -0.2) is 23.8 Å². The average Bonchev–Trinajstić information content (AvgIpc) is 3.03. The molecule has 3 rings (SSSR count). The van der Waals surface area contributed by atoms with Gasteiger partial charge in [-0.3, -0.25) is 0 Å². The molecule has 0 saturated heterocycles. The van der Waals surface area contributed by atoms with Crippen LogP contribution in [0.4, 0.5) is 14.9 Å². The lowest BCUT2D eigenvalue weighted by atomic mass is 9.85. The van der Waals surface area contributed by atoms with Crippen LogP contribution in [0.5, 0.6) is 0 Å². The summed E-state index contributed by atoms with van der Waals surface area (Å²) in [5.41, 5.74) is 0.248. The molecular formula is C15H18ClFN2O2. The Kier molecular flexibility index (Phi) is 4.04. The summed E-state index contributed by atoms with van der Waals surface area (Å²) in [4.78, 5) is 12.1. The normalized spacial score (nSPS) is 30.4. The SMILES string of the molecule is O=C(Nc1cc(F)ccc1Cl)NC1C2CCC(C2)C1CO. The molecule has 0 heterocycles. The molecule has 0 spiro atoms. The maximum absolute atomic E-state index is 13.2. The Morgan fingerprint density at radius 1 is 1.38 bits per heavy atom. The van der Waals surface area contributed by atoms with Crippen molar-refractivity contribution in [2.75, 3.05) is 11.9 Å². The van der Waals surface area contributed by atoms with Crippen LogP contribution in [0.3, 0.4) is 0 Å². The summed E-state index contributed by atoms with van der Waals surface area (Å²) in [5.74, 6) is 0.601. The number of fused-ring (bicyclic) bond motifs is 2. The van der Waals surface area contributed by atoms with Gasteiger partial charge in [-0.2, -0.15) is 0 Å². The number of halogens is 2. The van der Waals surface area contributed by atoms with E-state index in [0.29, 0.717) is 16.9 Å². The van der Waals surface area contributed by atoms with Crippen LogP contribution in [0.25, 0.3) is 0 Å². The number of urea groups is 1. The minimum Gasteiger partial charge on any atom is -0.396 e. The summed E-state index contributed by atoms with van der Waals surface area (Å²) >= 11 is 5.93. The topological polar surface area (TPSA) is 61.4 Å².